The number of aryl methyl sites for hydroxylation is 1. The Labute approximate surface area is 96.7 Å². The molecule has 0 saturated heterocycles. The third-order valence-corrected chi connectivity index (χ3v) is 3.10. The number of halogens is 6. The van der Waals surface area contributed by atoms with Gasteiger partial charge in [0, 0.05) is 4.88 Å². The number of aliphatic hydroxyl groups excluding tert-OH is 1. The minimum absolute atomic E-state index is 0.232. The summed E-state index contributed by atoms with van der Waals surface area (Å²) in [4.78, 5) is 0.232. The molecule has 98 valence electrons. The van der Waals surface area contributed by atoms with Crippen molar-refractivity contribution in [3.05, 3.63) is 21.9 Å². The van der Waals surface area contributed by atoms with Crippen LogP contribution in [0.1, 0.15) is 16.5 Å². The van der Waals surface area contributed by atoms with Gasteiger partial charge in [-0.25, -0.2) is 0 Å². The molecular weight excluding hydrogens is 270 g/mol. The first kappa shape index (κ1) is 14.3. The first-order valence-corrected chi connectivity index (χ1v) is 5.28. The molecule has 1 unspecified atom stereocenters. The zero-order valence-corrected chi connectivity index (χ0v) is 9.25. The highest BCUT2D eigenvalue weighted by Gasteiger charge is 2.60. The standard InChI is InChI=1S/C9H8F6OS/c1-4-5(2-3-17-4)6(16)7(8(10,11)12)9(13,14)15/h2-3,6-7,16H,1H3. The highest BCUT2D eigenvalue weighted by atomic mass is 32.1. The number of thiophene rings is 1. The van der Waals surface area contributed by atoms with Crippen LogP contribution in [0.3, 0.4) is 0 Å². The molecule has 17 heavy (non-hydrogen) atoms. The molecule has 1 nitrogen and oxygen atoms in total. The Bertz CT molecular complexity index is 366. The van der Waals surface area contributed by atoms with E-state index in [1.54, 1.807) is 0 Å². The molecule has 1 rings (SSSR count). The molecule has 0 aliphatic heterocycles. The zero-order valence-electron chi connectivity index (χ0n) is 8.43. The summed E-state index contributed by atoms with van der Waals surface area (Å²) in [5.74, 6) is -3.76. The van der Waals surface area contributed by atoms with Crippen molar-refractivity contribution in [1.29, 1.82) is 0 Å². The first-order chi connectivity index (χ1) is 7.55. The highest BCUT2D eigenvalue weighted by molar-refractivity contribution is 7.10. The number of rotatable bonds is 2. The Morgan fingerprint density at radius 2 is 1.59 bits per heavy atom. The van der Waals surface area contributed by atoms with E-state index in [-0.39, 0.29) is 10.4 Å². The lowest BCUT2D eigenvalue weighted by atomic mass is 9.95. The molecule has 0 fully saturated rings. The van der Waals surface area contributed by atoms with E-state index in [1.165, 1.54) is 12.3 Å². The molecule has 8 heteroatoms. The first-order valence-electron chi connectivity index (χ1n) is 4.40. The lowest BCUT2D eigenvalue weighted by Gasteiger charge is -2.27. The molecule has 0 saturated carbocycles. The molecule has 0 radical (unpaired) electrons. The van der Waals surface area contributed by atoms with Crippen LogP contribution >= 0.6 is 11.3 Å². The smallest absolute Gasteiger partial charge is 0.387 e. The van der Waals surface area contributed by atoms with Gasteiger partial charge < -0.3 is 5.11 Å². The topological polar surface area (TPSA) is 20.2 Å². The Kier molecular flexibility index (Phi) is 3.78. The summed E-state index contributed by atoms with van der Waals surface area (Å²) in [6.45, 7) is 1.35. The molecule has 0 bridgehead atoms. The maximum Gasteiger partial charge on any atom is 0.403 e. The van der Waals surface area contributed by atoms with Crippen molar-refractivity contribution < 1.29 is 31.4 Å². The van der Waals surface area contributed by atoms with E-state index in [1.807, 2.05) is 0 Å². The normalized spacial score (nSPS) is 15.4. The lowest BCUT2D eigenvalue weighted by Crippen LogP contribution is -2.40. The van der Waals surface area contributed by atoms with Crippen LogP contribution in [0, 0.1) is 12.8 Å². The maximum absolute atomic E-state index is 12.3. The summed E-state index contributed by atoms with van der Waals surface area (Å²) >= 11 is 0.977. The average molecular weight is 278 g/mol. The molecule has 0 aliphatic rings. The van der Waals surface area contributed by atoms with Gasteiger partial charge in [-0.15, -0.1) is 11.3 Å². The molecule has 1 aromatic rings. The van der Waals surface area contributed by atoms with E-state index in [2.05, 4.69) is 0 Å². The van der Waals surface area contributed by atoms with Crippen LogP contribution in [0.2, 0.25) is 0 Å². The summed E-state index contributed by atoms with van der Waals surface area (Å²) in [5, 5.41) is 10.6. The third-order valence-electron chi connectivity index (χ3n) is 2.24. The quantitative estimate of drug-likeness (QED) is 0.815. The lowest BCUT2D eigenvalue weighted by molar-refractivity contribution is -0.307. The van der Waals surface area contributed by atoms with Crippen molar-refractivity contribution in [3.8, 4) is 0 Å². The average Bonchev–Trinajstić information content (AvgIpc) is 2.45. The SMILES string of the molecule is Cc1sccc1C(O)C(C(F)(F)F)C(F)(F)F. The van der Waals surface area contributed by atoms with E-state index >= 15 is 0 Å². The predicted octanol–water partition coefficient (Wildman–Crippen LogP) is 3.83. The van der Waals surface area contributed by atoms with E-state index in [0.29, 0.717) is 0 Å². The van der Waals surface area contributed by atoms with Gasteiger partial charge in [0.25, 0.3) is 0 Å². The molecule has 0 aromatic carbocycles. The van der Waals surface area contributed by atoms with Gasteiger partial charge in [-0.05, 0) is 23.9 Å². The van der Waals surface area contributed by atoms with Gasteiger partial charge in [0.15, 0.2) is 5.92 Å². The summed E-state index contributed by atoms with van der Waals surface area (Å²) < 4.78 is 73.9. The Morgan fingerprint density at radius 1 is 1.12 bits per heavy atom. The van der Waals surface area contributed by atoms with Crippen LogP contribution in [0.25, 0.3) is 0 Å². The number of alkyl halides is 6. The molecule has 1 heterocycles. The fraction of sp³-hybridized carbons (Fsp3) is 0.556. The van der Waals surface area contributed by atoms with Crippen molar-refractivity contribution in [3.63, 3.8) is 0 Å². The van der Waals surface area contributed by atoms with E-state index in [9.17, 15) is 31.4 Å². The second kappa shape index (κ2) is 4.49. The van der Waals surface area contributed by atoms with Crippen LogP contribution < -0.4 is 0 Å². The minimum Gasteiger partial charge on any atom is -0.387 e. The van der Waals surface area contributed by atoms with Gasteiger partial charge in [-0.3, -0.25) is 0 Å². The third kappa shape index (κ3) is 3.12. The number of aliphatic hydroxyl groups is 1. The van der Waals surface area contributed by atoms with Gasteiger partial charge in [-0.2, -0.15) is 26.3 Å². The van der Waals surface area contributed by atoms with E-state index in [0.717, 1.165) is 17.4 Å². The van der Waals surface area contributed by atoms with Crippen molar-refractivity contribution in [2.24, 2.45) is 5.92 Å². The van der Waals surface area contributed by atoms with Gasteiger partial charge in [0.2, 0.25) is 0 Å². The van der Waals surface area contributed by atoms with Crippen molar-refractivity contribution in [2.75, 3.05) is 0 Å². The highest BCUT2D eigenvalue weighted by Crippen LogP contribution is 2.47. The van der Waals surface area contributed by atoms with Crippen LogP contribution in [-0.4, -0.2) is 17.5 Å². The summed E-state index contributed by atoms with van der Waals surface area (Å²) in [6.07, 6.45) is -13.7. The molecule has 1 aromatic heterocycles. The Hall–Kier alpha value is -0.760. The van der Waals surface area contributed by atoms with Crippen LogP contribution in [0.5, 0.6) is 0 Å². The van der Waals surface area contributed by atoms with Crippen LogP contribution in [-0.2, 0) is 0 Å². The molecule has 0 aliphatic carbocycles. The fourth-order valence-corrected chi connectivity index (χ4v) is 2.17. The zero-order chi connectivity index (χ0) is 13.4. The van der Waals surface area contributed by atoms with Gasteiger partial charge in [0.1, 0.15) is 6.10 Å². The maximum atomic E-state index is 12.3. The molecular formula is C9H8F6OS. The fourth-order valence-electron chi connectivity index (χ4n) is 1.42. The second-order valence-corrected chi connectivity index (χ2v) is 4.56. The van der Waals surface area contributed by atoms with Crippen molar-refractivity contribution in [2.45, 2.75) is 25.4 Å². The van der Waals surface area contributed by atoms with E-state index < -0.39 is 24.4 Å². The number of hydrogen-bond acceptors (Lipinski definition) is 2. The molecule has 0 spiro atoms. The van der Waals surface area contributed by atoms with Gasteiger partial charge in [-0.1, -0.05) is 0 Å². The van der Waals surface area contributed by atoms with Crippen molar-refractivity contribution in [1.82, 2.24) is 0 Å². The predicted molar refractivity (Wildman–Crippen MR) is 49.6 cm³/mol. The minimum atomic E-state index is -5.54. The Balaban J connectivity index is 3.13. The monoisotopic (exact) mass is 278 g/mol. The van der Waals surface area contributed by atoms with Gasteiger partial charge in [0.05, 0.1) is 0 Å². The van der Waals surface area contributed by atoms with Crippen molar-refractivity contribution >= 4 is 11.3 Å². The summed E-state index contributed by atoms with van der Waals surface area (Å²) in [5.41, 5.74) is -0.338. The van der Waals surface area contributed by atoms with E-state index in [4.69, 9.17) is 0 Å². The summed E-state index contributed by atoms with van der Waals surface area (Å²) in [7, 11) is 0. The second-order valence-electron chi connectivity index (χ2n) is 3.44. The number of hydrogen-bond donors (Lipinski definition) is 1. The Morgan fingerprint density at radius 3 is 1.88 bits per heavy atom. The largest absolute Gasteiger partial charge is 0.403 e. The summed E-state index contributed by atoms with van der Waals surface area (Å²) in [6, 6.07) is 1.06. The molecule has 0 amide bonds. The molecule has 1 atom stereocenters. The van der Waals surface area contributed by atoms with Crippen LogP contribution in [0.15, 0.2) is 11.4 Å². The van der Waals surface area contributed by atoms with Gasteiger partial charge >= 0.3 is 12.4 Å². The molecule has 1 N–H and O–H groups in total. The van der Waals surface area contributed by atoms with Crippen LogP contribution in [0.4, 0.5) is 26.3 Å².